The minimum Gasteiger partial charge on any atom is -0.393 e. The lowest BCUT2D eigenvalue weighted by molar-refractivity contribution is -0.318. The van der Waals surface area contributed by atoms with E-state index in [9.17, 15) is 0 Å². The number of hydrogen-bond acceptors (Lipinski definition) is 0. The van der Waals surface area contributed by atoms with Gasteiger partial charge in [0.25, 0.3) is 0 Å². The van der Waals surface area contributed by atoms with Gasteiger partial charge in [-0.05, 0) is 117 Å². The van der Waals surface area contributed by atoms with Crippen LogP contribution in [0.1, 0.15) is 81.1 Å². The third kappa shape index (κ3) is 2.99. The van der Waals surface area contributed by atoms with Gasteiger partial charge in [0, 0.05) is 53.5 Å². The largest absolute Gasteiger partial charge is 0.737 e. The summed E-state index contributed by atoms with van der Waals surface area (Å²) in [6, 6.07) is 11.7. The van der Waals surface area contributed by atoms with Crippen molar-refractivity contribution in [1.82, 2.24) is 8.96 Å². The van der Waals surface area contributed by atoms with Crippen LogP contribution in [-0.2, 0) is 0 Å². The summed E-state index contributed by atoms with van der Waals surface area (Å²) in [6.45, 7) is 6.49. The summed E-state index contributed by atoms with van der Waals surface area (Å²) >= 11 is 0. The zero-order valence-electron chi connectivity index (χ0n) is 27.1. The predicted molar refractivity (Wildman–Crippen MR) is 181 cm³/mol. The van der Waals surface area contributed by atoms with Crippen molar-refractivity contribution < 1.29 is 26.2 Å². The summed E-state index contributed by atoms with van der Waals surface area (Å²) in [5, 5.41) is 2.90. The lowest BCUT2D eigenvalue weighted by atomic mass is 9.89. The number of rotatable bonds is 0. The SMILES string of the molecule is CC1=[N+]2C(=Cc3c4cc(C)c(C)cc4c(C)n3[B-]2(F)F)c2cc3c(C)n4c(c3cc21)C=C1c2cc(C)c(C)cc2C(C)=[N+]1[B-]4(F)F. The molecule has 0 atom stereocenters. The van der Waals surface area contributed by atoms with Crippen molar-refractivity contribution in [1.29, 1.82) is 0 Å². The van der Waals surface area contributed by atoms with Gasteiger partial charge in [-0.25, -0.2) is 0 Å². The first-order chi connectivity index (χ1) is 21.6. The molecule has 0 spiro atoms. The summed E-state index contributed by atoms with van der Waals surface area (Å²) in [6.07, 6.45) is 3.71. The Morgan fingerprint density at radius 2 is 0.804 bits per heavy atom. The van der Waals surface area contributed by atoms with E-state index in [1.807, 2.05) is 76.2 Å². The van der Waals surface area contributed by atoms with Crippen LogP contribution in [-0.4, -0.2) is 43.3 Å². The summed E-state index contributed by atoms with van der Waals surface area (Å²) < 4.78 is 71.8. The second-order valence-electron chi connectivity index (χ2n) is 13.7. The zero-order valence-corrected chi connectivity index (χ0v) is 27.1. The van der Waals surface area contributed by atoms with E-state index >= 15 is 17.3 Å². The van der Waals surface area contributed by atoms with Gasteiger partial charge in [0.15, 0.2) is 11.4 Å². The van der Waals surface area contributed by atoms with Gasteiger partial charge < -0.3 is 35.2 Å². The van der Waals surface area contributed by atoms with Crippen molar-refractivity contribution >= 4 is 70.5 Å². The van der Waals surface area contributed by atoms with Gasteiger partial charge in [0.2, 0.25) is 0 Å². The smallest absolute Gasteiger partial charge is 0.393 e. The molecule has 4 aliphatic heterocycles. The van der Waals surface area contributed by atoms with Gasteiger partial charge in [-0.15, -0.1) is 0 Å². The van der Waals surface area contributed by atoms with Crippen LogP contribution >= 0.6 is 0 Å². The molecule has 0 aliphatic carbocycles. The fourth-order valence-corrected chi connectivity index (χ4v) is 8.72. The summed E-state index contributed by atoms with van der Waals surface area (Å²) in [5.74, 6) is 0. The van der Waals surface area contributed by atoms with Crippen molar-refractivity contribution in [2.45, 2.75) is 55.4 Å². The number of fused-ring (bicyclic) bond motifs is 12. The van der Waals surface area contributed by atoms with Crippen LogP contribution in [0, 0.1) is 41.5 Å². The maximum Gasteiger partial charge on any atom is 0.737 e. The highest BCUT2D eigenvalue weighted by Crippen LogP contribution is 2.48. The van der Waals surface area contributed by atoms with Crippen LogP contribution in [0.4, 0.5) is 17.3 Å². The molecule has 9 rings (SSSR count). The Balaban J connectivity index is 1.32. The Kier molecular flexibility index (Phi) is 4.95. The Labute approximate surface area is 264 Å². The molecule has 230 valence electrons. The van der Waals surface area contributed by atoms with Crippen molar-refractivity contribution in [3.63, 3.8) is 0 Å². The molecule has 0 bridgehead atoms. The molecule has 0 radical (unpaired) electrons. The van der Waals surface area contributed by atoms with E-state index in [0.717, 1.165) is 44.2 Å². The number of halogens is 4. The van der Waals surface area contributed by atoms with Crippen LogP contribution in [0.3, 0.4) is 0 Å². The van der Waals surface area contributed by atoms with Crippen molar-refractivity contribution in [2.75, 3.05) is 0 Å². The van der Waals surface area contributed by atoms with Crippen molar-refractivity contribution in [3.8, 4) is 0 Å². The minimum atomic E-state index is -4.22. The van der Waals surface area contributed by atoms with Crippen LogP contribution < -0.4 is 0 Å². The van der Waals surface area contributed by atoms with E-state index in [2.05, 4.69) is 0 Å². The van der Waals surface area contributed by atoms with Gasteiger partial charge >= 0.3 is 13.9 Å². The van der Waals surface area contributed by atoms with Gasteiger partial charge in [0.05, 0.1) is 22.3 Å². The second kappa shape index (κ2) is 8.21. The first kappa shape index (κ1) is 27.7. The van der Waals surface area contributed by atoms with E-state index in [4.69, 9.17) is 0 Å². The molecular formula is C36H32B2F4N4. The molecular weight excluding hydrogens is 586 g/mol. The highest BCUT2D eigenvalue weighted by molar-refractivity contribution is 6.60. The lowest BCUT2D eigenvalue weighted by Crippen LogP contribution is -2.50. The van der Waals surface area contributed by atoms with E-state index in [1.54, 1.807) is 27.7 Å². The first-order valence-electron chi connectivity index (χ1n) is 15.8. The van der Waals surface area contributed by atoms with Gasteiger partial charge in [0.1, 0.15) is 11.4 Å². The van der Waals surface area contributed by atoms with Gasteiger partial charge in [-0.3, -0.25) is 0 Å². The van der Waals surface area contributed by atoms with Crippen LogP contribution in [0.5, 0.6) is 0 Å². The molecule has 0 unspecified atom stereocenters. The van der Waals surface area contributed by atoms with Crippen molar-refractivity contribution in [3.05, 3.63) is 104 Å². The van der Waals surface area contributed by atoms with E-state index in [-0.39, 0.29) is 0 Å². The van der Waals surface area contributed by atoms with Crippen LogP contribution in [0.25, 0.3) is 45.1 Å². The summed E-state index contributed by atoms with van der Waals surface area (Å²) in [5.41, 5.74) is 10.8. The number of aryl methyl sites for hydroxylation is 6. The predicted octanol–water partition coefficient (Wildman–Crippen LogP) is 8.59. The molecule has 2 aromatic heterocycles. The molecule has 5 aromatic rings. The average Bonchev–Trinajstić information content (AvgIpc) is 3.62. The van der Waals surface area contributed by atoms with Crippen LogP contribution in [0.2, 0.25) is 0 Å². The zero-order chi connectivity index (χ0) is 32.5. The quantitative estimate of drug-likeness (QED) is 0.122. The maximum absolute atomic E-state index is 16.8. The number of nitrogens with zero attached hydrogens (tertiary/aromatic N) is 4. The molecule has 0 saturated carbocycles. The Morgan fingerprint density at radius 3 is 1.33 bits per heavy atom. The highest BCUT2D eigenvalue weighted by Gasteiger charge is 2.57. The van der Waals surface area contributed by atoms with Gasteiger partial charge in [-0.1, -0.05) is 0 Å². The number of aromatic nitrogens is 2. The molecule has 0 amide bonds. The molecule has 4 nitrogen and oxygen atoms in total. The Hall–Kier alpha value is -4.59. The van der Waals surface area contributed by atoms with Gasteiger partial charge in [-0.2, -0.15) is 0 Å². The molecule has 3 aromatic carbocycles. The fraction of sp³-hybridized carbons (Fsp3) is 0.222. The normalized spacial score (nSPS) is 18.4. The van der Waals surface area contributed by atoms with E-state index in [1.165, 1.54) is 17.9 Å². The lowest BCUT2D eigenvalue weighted by Gasteiger charge is -2.30. The standard InChI is InChI=1S/C36H32B2F4N4/c1-17-9-25-21(5)43-33(29(25)11-19(17)3)15-35-31-13-28-24(8)46-36(32(28)14-27(31)23(7)45(35)37(43,39)40)16-34-30-12-20(4)18(2)10-26(30)22(6)44(34)38(46,41)42/h9-16H,1-8H3. The molecule has 46 heavy (non-hydrogen) atoms. The number of hydrogen-bond donors (Lipinski definition) is 0. The third-order valence-corrected chi connectivity index (χ3v) is 11.4. The maximum atomic E-state index is 16.8. The van der Waals surface area contributed by atoms with E-state index < -0.39 is 13.9 Å². The number of benzene rings is 3. The summed E-state index contributed by atoms with van der Waals surface area (Å²) in [4.78, 5) is 0. The molecule has 0 N–H and O–H groups in total. The Morgan fingerprint density at radius 1 is 0.457 bits per heavy atom. The van der Waals surface area contributed by atoms with Crippen molar-refractivity contribution in [2.24, 2.45) is 0 Å². The topological polar surface area (TPSA) is 15.9 Å². The highest BCUT2D eigenvalue weighted by atomic mass is 19.3. The second-order valence-corrected chi connectivity index (χ2v) is 13.7. The van der Waals surface area contributed by atoms with E-state index in [0.29, 0.717) is 67.5 Å². The molecule has 6 heterocycles. The Bertz CT molecular complexity index is 2500. The fourth-order valence-electron chi connectivity index (χ4n) is 8.72. The first-order valence-corrected chi connectivity index (χ1v) is 15.8. The molecule has 10 heteroatoms. The average molecular weight is 618 g/mol. The molecule has 0 fully saturated rings. The third-order valence-electron chi connectivity index (χ3n) is 11.4. The summed E-state index contributed by atoms with van der Waals surface area (Å²) in [7, 11) is 0. The molecule has 4 aliphatic rings. The monoisotopic (exact) mass is 618 g/mol. The van der Waals surface area contributed by atoms with Crippen LogP contribution in [0.15, 0.2) is 36.4 Å². The molecule has 0 saturated heterocycles. The minimum absolute atomic E-state index is 0.410.